The van der Waals surface area contributed by atoms with E-state index in [0.29, 0.717) is 25.4 Å². The van der Waals surface area contributed by atoms with Gasteiger partial charge in [-0.3, -0.25) is 0 Å². The molecular formula is C14H20N4O2. The first kappa shape index (κ1) is 14.6. The van der Waals surface area contributed by atoms with E-state index in [0.717, 1.165) is 5.69 Å². The van der Waals surface area contributed by atoms with Crippen LogP contribution in [0, 0.1) is 0 Å². The molecule has 0 aliphatic rings. The summed E-state index contributed by atoms with van der Waals surface area (Å²) in [6, 6.07) is 9.63. The SMILES string of the molecule is COCCNCC(C)(O)c1cnnn1-c1ccccc1. The highest BCUT2D eigenvalue weighted by molar-refractivity contribution is 5.32. The number of ether oxygens (including phenoxy) is 1. The van der Waals surface area contributed by atoms with E-state index in [1.54, 1.807) is 24.9 Å². The van der Waals surface area contributed by atoms with Crippen LogP contribution in [0.2, 0.25) is 0 Å². The summed E-state index contributed by atoms with van der Waals surface area (Å²) in [6.07, 6.45) is 1.59. The molecule has 6 nitrogen and oxygen atoms in total. The number of methoxy groups -OCH3 is 1. The molecule has 2 rings (SSSR count). The lowest BCUT2D eigenvalue weighted by Crippen LogP contribution is -2.38. The van der Waals surface area contributed by atoms with Crippen LogP contribution in [0.15, 0.2) is 36.5 Å². The predicted molar refractivity (Wildman–Crippen MR) is 75.7 cm³/mol. The number of hydrogen-bond donors (Lipinski definition) is 2. The molecule has 0 fully saturated rings. The zero-order chi connectivity index (χ0) is 14.4. The molecule has 0 radical (unpaired) electrons. The van der Waals surface area contributed by atoms with Gasteiger partial charge in [0, 0.05) is 20.2 Å². The standard InChI is InChI=1S/C14H20N4O2/c1-14(19,11-15-8-9-20-2)13-10-16-17-18(13)12-6-4-3-5-7-12/h3-7,10,15,19H,8-9,11H2,1-2H3. The molecule has 1 atom stereocenters. The summed E-state index contributed by atoms with van der Waals surface area (Å²) in [4.78, 5) is 0. The Kier molecular flexibility index (Phi) is 4.84. The fraction of sp³-hybridized carbons (Fsp3) is 0.429. The third-order valence-corrected chi connectivity index (χ3v) is 3.05. The number of hydrogen-bond acceptors (Lipinski definition) is 5. The van der Waals surface area contributed by atoms with Crippen LogP contribution in [0.3, 0.4) is 0 Å². The number of aromatic nitrogens is 3. The summed E-state index contributed by atoms with van der Waals surface area (Å²) < 4.78 is 6.62. The number of benzene rings is 1. The van der Waals surface area contributed by atoms with Crippen LogP contribution >= 0.6 is 0 Å². The topological polar surface area (TPSA) is 72.2 Å². The number of rotatable bonds is 7. The number of aliphatic hydroxyl groups is 1. The monoisotopic (exact) mass is 276 g/mol. The van der Waals surface area contributed by atoms with Crippen molar-refractivity contribution in [3.8, 4) is 5.69 Å². The normalized spacial score (nSPS) is 14.2. The van der Waals surface area contributed by atoms with Crippen LogP contribution in [0.5, 0.6) is 0 Å². The fourth-order valence-corrected chi connectivity index (χ4v) is 1.96. The van der Waals surface area contributed by atoms with Gasteiger partial charge in [0.15, 0.2) is 0 Å². The van der Waals surface area contributed by atoms with Gasteiger partial charge in [0.1, 0.15) is 5.60 Å². The second-order valence-corrected chi connectivity index (χ2v) is 4.81. The quantitative estimate of drug-likeness (QED) is 0.729. The minimum Gasteiger partial charge on any atom is -0.383 e. The maximum atomic E-state index is 10.6. The largest absolute Gasteiger partial charge is 0.383 e. The predicted octanol–water partition coefficient (Wildman–Crippen LogP) is 0.711. The Balaban J connectivity index is 2.14. The highest BCUT2D eigenvalue weighted by atomic mass is 16.5. The Morgan fingerprint density at radius 2 is 2.10 bits per heavy atom. The van der Waals surface area contributed by atoms with Crippen LogP contribution in [0.25, 0.3) is 5.69 Å². The Labute approximate surface area is 118 Å². The summed E-state index contributed by atoms with van der Waals surface area (Å²) in [5.74, 6) is 0. The first-order chi connectivity index (χ1) is 9.65. The van der Waals surface area contributed by atoms with Crippen molar-refractivity contribution >= 4 is 0 Å². The lowest BCUT2D eigenvalue weighted by atomic mass is 10.0. The van der Waals surface area contributed by atoms with Gasteiger partial charge in [-0.2, -0.15) is 0 Å². The molecule has 0 amide bonds. The highest BCUT2D eigenvalue weighted by Gasteiger charge is 2.28. The molecule has 2 N–H and O–H groups in total. The third kappa shape index (κ3) is 3.41. The number of nitrogens with one attached hydrogen (secondary N) is 1. The van der Waals surface area contributed by atoms with Crippen molar-refractivity contribution in [2.45, 2.75) is 12.5 Å². The maximum Gasteiger partial charge on any atom is 0.118 e. The van der Waals surface area contributed by atoms with Crippen molar-refractivity contribution in [3.05, 3.63) is 42.2 Å². The van der Waals surface area contributed by atoms with E-state index in [1.807, 2.05) is 30.3 Å². The molecule has 20 heavy (non-hydrogen) atoms. The molecule has 1 heterocycles. The van der Waals surface area contributed by atoms with Crippen molar-refractivity contribution in [2.75, 3.05) is 26.8 Å². The van der Waals surface area contributed by atoms with E-state index >= 15 is 0 Å². The number of nitrogens with zero attached hydrogens (tertiary/aromatic N) is 3. The van der Waals surface area contributed by atoms with E-state index < -0.39 is 5.60 Å². The van der Waals surface area contributed by atoms with Gasteiger partial charge in [0.2, 0.25) is 0 Å². The van der Waals surface area contributed by atoms with Crippen LogP contribution in [-0.2, 0) is 10.3 Å². The van der Waals surface area contributed by atoms with E-state index in [1.165, 1.54) is 0 Å². The summed E-state index contributed by atoms with van der Waals surface area (Å²) in [7, 11) is 1.65. The average molecular weight is 276 g/mol. The zero-order valence-electron chi connectivity index (χ0n) is 11.8. The van der Waals surface area contributed by atoms with Crippen molar-refractivity contribution in [1.82, 2.24) is 20.3 Å². The fourth-order valence-electron chi connectivity index (χ4n) is 1.96. The van der Waals surface area contributed by atoms with Gasteiger partial charge in [-0.05, 0) is 19.1 Å². The average Bonchev–Trinajstić information content (AvgIpc) is 2.95. The van der Waals surface area contributed by atoms with Gasteiger partial charge in [-0.25, -0.2) is 4.68 Å². The summed E-state index contributed by atoms with van der Waals surface area (Å²) in [5, 5.41) is 21.7. The Bertz CT molecular complexity index is 525. The van der Waals surface area contributed by atoms with Gasteiger partial charge >= 0.3 is 0 Å². The van der Waals surface area contributed by atoms with Crippen molar-refractivity contribution in [2.24, 2.45) is 0 Å². The molecule has 108 valence electrons. The van der Waals surface area contributed by atoms with Gasteiger partial charge in [0.05, 0.1) is 24.2 Å². The van der Waals surface area contributed by atoms with E-state index in [4.69, 9.17) is 4.74 Å². The Hall–Kier alpha value is -1.76. The van der Waals surface area contributed by atoms with Crippen LogP contribution in [0.4, 0.5) is 0 Å². The molecule has 0 aliphatic heterocycles. The van der Waals surface area contributed by atoms with Crippen LogP contribution in [-0.4, -0.2) is 46.9 Å². The van der Waals surface area contributed by atoms with Crippen molar-refractivity contribution < 1.29 is 9.84 Å². The maximum absolute atomic E-state index is 10.6. The first-order valence-corrected chi connectivity index (χ1v) is 6.54. The van der Waals surface area contributed by atoms with Gasteiger partial charge in [0.25, 0.3) is 0 Å². The lowest BCUT2D eigenvalue weighted by molar-refractivity contribution is 0.0482. The molecule has 2 aromatic rings. The van der Waals surface area contributed by atoms with Crippen molar-refractivity contribution in [1.29, 1.82) is 0 Å². The summed E-state index contributed by atoms with van der Waals surface area (Å²) in [5.41, 5.74) is 0.457. The van der Waals surface area contributed by atoms with E-state index in [-0.39, 0.29) is 0 Å². The molecule has 0 bridgehead atoms. The third-order valence-electron chi connectivity index (χ3n) is 3.05. The second-order valence-electron chi connectivity index (χ2n) is 4.81. The highest BCUT2D eigenvalue weighted by Crippen LogP contribution is 2.21. The summed E-state index contributed by atoms with van der Waals surface area (Å²) >= 11 is 0. The first-order valence-electron chi connectivity index (χ1n) is 6.54. The molecule has 1 aromatic carbocycles. The lowest BCUT2D eigenvalue weighted by Gasteiger charge is -2.24. The molecule has 0 spiro atoms. The van der Waals surface area contributed by atoms with Crippen molar-refractivity contribution in [3.63, 3.8) is 0 Å². The minimum atomic E-state index is -1.06. The van der Waals surface area contributed by atoms with Gasteiger partial charge in [-0.1, -0.05) is 23.4 Å². The van der Waals surface area contributed by atoms with E-state index in [9.17, 15) is 5.11 Å². The molecule has 6 heteroatoms. The number of para-hydroxylation sites is 1. The molecule has 1 unspecified atom stereocenters. The Morgan fingerprint density at radius 3 is 2.80 bits per heavy atom. The van der Waals surface area contributed by atoms with Gasteiger partial charge in [-0.15, -0.1) is 5.10 Å². The van der Waals surface area contributed by atoms with E-state index in [2.05, 4.69) is 15.6 Å². The second kappa shape index (κ2) is 6.60. The molecule has 0 saturated carbocycles. The minimum absolute atomic E-state index is 0.399. The molecular weight excluding hydrogens is 256 g/mol. The summed E-state index contributed by atoms with van der Waals surface area (Å²) in [6.45, 7) is 3.42. The molecule has 0 saturated heterocycles. The molecule has 0 aliphatic carbocycles. The smallest absolute Gasteiger partial charge is 0.118 e. The van der Waals surface area contributed by atoms with Crippen LogP contribution < -0.4 is 5.32 Å². The van der Waals surface area contributed by atoms with Gasteiger partial charge < -0.3 is 15.2 Å². The molecule has 1 aromatic heterocycles. The zero-order valence-corrected chi connectivity index (χ0v) is 11.8. The van der Waals surface area contributed by atoms with Crippen LogP contribution in [0.1, 0.15) is 12.6 Å². The Morgan fingerprint density at radius 1 is 1.35 bits per heavy atom.